The van der Waals surface area contributed by atoms with Crippen LogP contribution in [0.5, 0.6) is 0 Å². The predicted molar refractivity (Wildman–Crippen MR) is 101 cm³/mol. The van der Waals surface area contributed by atoms with E-state index < -0.39 is 0 Å². The van der Waals surface area contributed by atoms with Gasteiger partial charge in [-0.3, -0.25) is 4.79 Å². The summed E-state index contributed by atoms with van der Waals surface area (Å²) in [4.78, 5) is 11.2. The summed E-state index contributed by atoms with van der Waals surface area (Å²) < 4.78 is 21.6. The molecule has 0 saturated heterocycles. The summed E-state index contributed by atoms with van der Waals surface area (Å²) >= 11 is 5.92. The maximum absolute atomic E-state index is 14.1. The van der Waals surface area contributed by atoms with Crippen LogP contribution < -0.4 is 5.32 Å². The fourth-order valence-corrected chi connectivity index (χ4v) is 2.98. The molecule has 0 fully saturated rings. The Morgan fingerprint density at radius 1 is 1.23 bits per heavy atom. The van der Waals surface area contributed by atoms with Crippen molar-refractivity contribution in [1.82, 2.24) is 9.88 Å². The quantitative estimate of drug-likeness (QED) is 0.632. The molecule has 0 bridgehead atoms. The Hall–Kier alpha value is -2.37. The minimum atomic E-state index is -0.307. The molecule has 26 heavy (non-hydrogen) atoms. The third-order valence-electron chi connectivity index (χ3n) is 4.22. The lowest BCUT2D eigenvalue weighted by Crippen LogP contribution is -2.19. The van der Waals surface area contributed by atoms with Crippen molar-refractivity contribution in [2.24, 2.45) is 0 Å². The van der Waals surface area contributed by atoms with E-state index in [4.69, 9.17) is 16.3 Å². The summed E-state index contributed by atoms with van der Waals surface area (Å²) in [6, 6.07) is 12.6. The van der Waals surface area contributed by atoms with Crippen LogP contribution in [0.2, 0.25) is 5.02 Å². The zero-order valence-electron chi connectivity index (χ0n) is 14.5. The number of nitrogens with one attached hydrogen (secondary N) is 1. The average molecular weight is 375 g/mol. The van der Waals surface area contributed by atoms with Crippen LogP contribution in [0.3, 0.4) is 0 Å². The van der Waals surface area contributed by atoms with Crippen molar-refractivity contribution in [3.05, 3.63) is 70.6 Å². The Kier molecular flexibility index (Phi) is 5.91. The molecular formula is C20H20ClFN2O2. The number of hydrogen-bond donors (Lipinski definition) is 1. The number of carbonyl (C=O) groups excluding carboxylic acids is 1. The van der Waals surface area contributed by atoms with E-state index in [-0.39, 0.29) is 24.8 Å². The molecule has 1 N–H and O–H groups in total. The third-order valence-corrected chi connectivity index (χ3v) is 4.47. The Morgan fingerprint density at radius 2 is 2.00 bits per heavy atom. The number of benzene rings is 2. The van der Waals surface area contributed by atoms with Gasteiger partial charge in [0.2, 0.25) is 5.91 Å². The standard InChI is InChI=1S/C20H20ClFN2O2/c1-23-20(25)7-9-26-13-15-10-17(22)11-19-18(15)6-8-24(19)12-14-2-4-16(21)5-3-14/h2-6,8,10-11H,7,9,12-13H2,1H3,(H,23,25). The molecule has 1 aromatic heterocycles. The molecule has 6 heteroatoms. The molecule has 4 nitrogen and oxygen atoms in total. The van der Waals surface area contributed by atoms with Gasteiger partial charge in [0.1, 0.15) is 5.82 Å². The Bertz CT molecular complexity index is 906. The van der Waals surface area contributed by atoms with E-state index in [2.05, 4.69) is 5.32 Å². The number of aromatic nitrogens is 1. The summed E-state index contributed by atoms with van der Waals surface area (Å²) in [5, 5.41) is 4.17. The fourth-order valence-electron chi connectivity index (χ4n) is 2.85. The molecule has 0 radical (unpaired) electrons. The molecule has 2 aromatic carbocycles. The lowest BCUT2D eigenvalue weighted by atomic mass is 10.1. The summed E-state index contributed by atoms with van der Waals surface area (Å²) in [6.07, 6.45) is 2.22. The van der Waals surface area contributed by atoms with E-state index in [1.807, 2.05) is 41.1 Å². The highest BCUT2D eigenvalue weighted by Gasteiger charge is 2.10. The number of fused-ring (bicyclic) bond motifs is 1. The van der Waals surface area contributed by atoms with Gasteiger partial charge in [-0.2, -0.15) is 0 Å². The van der Waals surface area contributed by atoms with Gasteiger partial charge in [0, 0.05) is 36.6 Å². The summed E-state index contributed by atoms with van der Waals surface area (Å²) in [5.41, 5.74) is 2.66. The molecule has 0 unspecified atom stereocenters. The first kappa shape index (κ1) is 18.4. The highest BCUT2D eigenvalue weighted by atomic mass is 35.5. The van der Waals surface area contributed by atoms with Gasteiger partial charge in [0.05, 0.1) is 18.7 Å². The van der Waals surface area contributed by atoms with Crippen LogP contribution in [0, 0.1) is 5.82 Å². The largest absolute Gasteiger partial charge is 0.376 e. The number of amides is 1. The molecule has 0 aliphatic carbocycles. The van der Waals surface area contributed by atoms with E-state index in [0.717, 1.165) is 22.0 Å². The van der Waals surface area contributed by atoms with E-state index >= 15 is 0 Å². The van der Waals surface area contributed by atoms with Gasteiger partial charge < -0.3 is 14.6 Å². The second-order valence-electron chi connectivity index (χ2n) is 6.04. The second-order valence-corrected chi connectivity index (χ2v) is 6.48. The van der Waals surface area contributed by atoms with Crippen molar-refractivity contribution in [2.45, 2.75) is 19.6 Å². The summed E-state index contributed by atoms with van der Waals surface area (Å²) in [5.74, 6) is -0.387. The number of nitrogens with zero attached hydrogens (tertiary/aromatic N) is 1. The molecule has 136 valence electrons. The minimum absolute atomic E-state index is 0.0801. The lowest BCUT2D eigenvalue weighted by Gasteiger charge is -2.09. The van der Waals surface area contributed by atoms with Gasteiger partial charge in [0.25, 0.3) is 0 Å². The number of ether oxygens (including phenoxy) is 1. The summed E-state index contributed by atoms with van der Waals surface area (Å²) in [7, 11) is 1.59. The zero-order valence-corrected chi connectivity index (χ0v) is 15.2. The van der Waals surface area contributed by atoms with Crippen molar-refractivity contribution in [1.29, 1.82) is 0 Å². The van der Waals surface area contributed by atoms with Gasteiger partial charge in [-0.1, -0.05) is 23.7 Å². The molecule has 0 aliphatic heterocycles. The van der Waals surface area contributed by atoms with Gasteiger partial charge >= 0.3 is 0 Å². The SMILES string of the molecule is CNC(=O)CCOCc1cc(F)cc2c1ccn2Cc1ccc(Cl)cc1. The fraction of sp³-hybridized carbons (Fsp3) is 0.250. The van der Waals surface area contributed by atoms with Crippen LogP contribution in [0.15, 0.2) is 48.7 Å². The highest BCUT2D eigenvalue weighted by Crippen LogP contribution is 2.24. The maximum atomic E-state index is 14.1. The van der Waals surface area contributed by atoms with Crippen molar-refractivity contribution in [3.63, 3.8) is 0 Å². The van der Waals surface area contributed by atoms with E-state index in [1.54, 1.807) is 7.05 Å². The van der Waals surface area contributed by atoms with E-state index in [0.29, 0.717) is 18.2 Å². The van der Waals surface area contributed by atoms with Crippen LogP contribution in [-0.4, -0.2) is 24.1 Å². The van der Waals surface area contributed by atoms with Gasteiger partial charge in [-0.25, -0.2) is 4.39 Å². The average Bonchev–Trinajstić information content (AvgIpc) is 3.03. The van der Waals surface area contributed by atoms with Gasteiger partial charge in [0.15, 0.2) is 0 Å². The van der Waals surface area contributed by atoms with E-state index in [9.17, 15) is 9.18 Å². The maximum Gasteiger partial charge on any atom is 0.222 e. The molecule has 0 spiro atoms. The first-order chi connectivity index (χ1) is 12.6. The molecule has 0 saturated carbocycles. The van der Waals surface area contributed by atoms with Crippen LogP contribution in [0.1, 0.15) is 17.5 Å². The number of carbonyl (C=O) groups is 1. The van der Waals surface area contributed by atoms with Crippen LogP contribution in [0.4, 0.5) is 4.39 Å². The monoisotopic (exact) mass is 374 g/mol. The Morgan fingerprint density at radius 3 is 2.73 bits per heavy atom. The summed E-state index contributed by atoms with van der Waals surface area (Å²) in [6.45, 7) is 1.18. The van der Waals surface area contributed by atoms with E-state index in [1.165, 1.54) is 12.1 Å². The number of halogens is 2. The molecule has 0 atom stereocenters. The molecular weight excluding hydrogens is 355 g/mol. The third kappa shape index (κ3) is 4.42. The normalized spacial score (nSPS) is 11.0. The first-order valence-electron chi connectivity index (χ1n) is 8.37. The van der Waals surface area contributed by atoms with Crippen molar-refractivity contribution in [3.8, 4) is 0 Å². The van der Waals surface area contributed by atoms with Crippen LogP contribution in [0.25, 0.3) is 10.9 Å². The van der Waals surface area contributed by atoms with Crippen molar-refractivity contribution < 1.29 is 13.9 Å². The molecule has 3 rings (SSSR count). The number of hydrogen-bond acceptors (Lipinski definition) is 2. The molecule has 1 heterocycles. The first-order valence-corrected chi connectivity index (χ1v) is 8.74. The Labute approximate surface area is 156 Å². The lowest BCUT2D eigenvalue weighted by molar-refractivity contribution is -0.121. The highest BCUT2D eigenvalue weighted by molar-refractivity contribution is 6.30. The van der Waals surface area contributed by atoms with Crippen LogP contribution in [-0.2, 0) is 22.7 Å². The van der Waals surface area contributed by atoms with Crippen molar-refractivity contribution >= 4 is 28.4 Å². The molecule has 1 amide bonds. The van der Waals surface area contributed by atoms with Gasteiger partial charge in [-0.15, -0.1) is 0 Å². The smallest absolute Gasteiger partial charge is 0.222 e. The number of rotatable bonds is 7. The topological polar surface area (TPSA) is 43.3 Å². The van der Waals surface area contributed by atoms with Crippen LogP contribution >= 0.6 is 11.6 Å². The van der Waals surface area contributed by atoms with Gasteiger partial charge in [-0.05, 0) is 41.5 Å². The predicted octanol–water partition coefficient (Wildman–Crippen LogP) is 4.13. The molecule has 3 aromatic rings. The minimum Gasteiger partial charge on any atom is -0.376 e. The Balaban J connectivity index is 1.77. The molecule has 0 aliphatic rings. The zero-order chi connectivity index (χ0) is 18.5. The second kappa shape index (κ2) is 8.34. The van der Waals surface area contributed by atoms with Crippen molar-refractivity contribution in [2.75, 3.05) is 13.7 Å².